The topological polar surface area (TPSA) is 108 Å². The van der Waals surface area contributed by atoms with Crippen LogP contribution >= 0.6 is 0 Å². The van der Waals surface area contributed by atoms with Crippen LogP contribution in [0.3, 0.4) is 0 Å². The van der Waals surface area contributed by atoms with Crippen molar-refractivity contribution in [1.82, 2.24) is 0 Å². The largest absolute Gasteiger partial charge is 0.478 e. The van der Waals surface area contributed by atoms with Gasteiger partial charge in [0.15, 0.2) is 0 Å². The van der Waals surface area contributed by atoms with Crippen molar-refractivity contribution in [3.63, 3.8) is 0 Å². The van der Waals surface area contributed by atoms with E-state index in [0.717, 1.165) is 19.4 Å². The lowest BCUT2D eigenvalue weighted by molar-refractivity contribution is 0.0686. The molecule has 0 aliphatic heterocycles. The summed E-state index contributed by atoms with van der Waals surface area (Å²) in [5, 5.41) is 20.7. The predicted octanol–water partition coefficient (Wildman–Crippen LogP) is 3.95. The quantitative estimate of drug-likeness (QED) is 0.417. The van der Waals surface area contributed by atoms with E-state index in [1.54, 1.807) is 36.4 Å². The van der Waals surface area contributed by atoms with Crippen LogP contribution in [0.1, 0.15) is 40.5 Å². The second-order valence-corrected chi connectivity index (χ2v) is 5.29. The van der Waals surface area contributed by atoms with Gasteiger partial charge < -0.3 is 15.5 Å². The first-order chi connectivity index (χ1) is 12.5. The smallest absolute Gasteiger partial charge is 0.337 e. The maximum absolute atomic E-state index is 10.8. The number of rotatable bonds is 8. The monoisotopic (exact) mass is 360 g/mol. The fraction of sp³-hybridized carbons (Fsp3) is 0.263. The average molecular weight is 360 g/mol. The number of hydrogen-bond donors (Lipinski definition) is 4. The highest BCUT2D eigenvalue weighted by molar-refractivity contribution is 5.94. The molecule has 7 nitrogen and oxygen atoms in total. The zero-order valence-corrected chi connectivity index (χ0v) is 14.9. The van der Waals surface area contributed by atoms with Gasteiger partial charge in [0.05, 0.1) is 23.9 Å². The minimum Gasteiger partial charge on any atom is -0.478 e. The van der Waals surface area contributed by atoms with Crippen molar-refractivity contribution in [2.75, 3.05) is 24.5 Å². The van der Waals surface area contributed by atoms with Crippen LogP contribution in [0.25, 0.3) is 0 Å². The summed E-state index contributed by atoms with van der Waals surface area (Å²) >= 11 is 0. The predicted molar refractivity (Wildman–Crippen MR) is 101 cm³/mol. The molecule has 7 heteroatoms. The Bertz CT molecular complexity index is 719. The Hall–Kier alpha value is -3.06. The second kappa shape index (κ2) is 11.5. The summed E-state index contributed by atoms with van der Waals surface area (Å²) < 4.78 is 0. The average Bonchev–Trinajstić information content (AvgIpc) is 2.63. The van der Waals surface area contributed by atoms with Crippen molar-refractivity contribution in [2.24, 2.45) is 0 Å². The highest BCUT2D eigenvalue weighted by Gasteiger charge is 2.08. The van der Waals surface area contributed by atoms with Gasteiger partial charge in [0.1, 0.15) is 0 Å². The number of hydrogen-bond acceptors (Lipinski definition) is 5. The van der Waals surface area contributed by atoms with Crippen molar-refractivity contribution in [2.45, 2.75) is 19.8 Å². The third-order valence-corrected chi connectivity index (χ3v) is 3.37. The van der Waals surface area contributed by atoms with Crippen molar-refractivity contribution >= 4 is 23.3 Å². The van der Waals surface area contributed by atoms with E-state index in [0.29, 0.717) is 16.9 Å². The molecular formula is C19H24N2O5. The molecular weight excluding hydrogens is 336 g/mol. The van der Waals surface area contributed by atoms with Gasteiger partial charge in [-0.3, -0.25) is 10.3 Å². The summed E-state index contributed by atoms with van der Waals surface area (Å²) in [6, 6.07) is 13.5. The fourth-order valence-corrected chi connectivity index (χ4v) is 2.09. The Morgan fingerprint density at radius 1 is 0.923 bits per heavy atom. The third-order valence-electron chi connectivity index (χ3n) is 3.37. The molecule has 4 N–H and O–H groups in total. The summed E-state index contributed by atoms with van der Waals surface area (Å²) in [4.78, 5) is 26.0. The Morgan fingerprint density at radius 3 is 1.92 bits per heavy atom. The van der Waals surface area contributed by atoms with Crippen LogP contribution in [0.2, 0.25) is 0 Å². The summed E-state index contributed by atoms with van der Waals surface area (Å²) in [5.74, 6) is -1.86. The van der Waals surface area contributed by atoms with Crippen LogP contribution in [0.5, 0.6) is 0 Å². The van der Waals surface area contributed by atoms with E-state index < -0.39 is 11.9 Å². The molecule has 2 rings (SSSR count). The minimum atomic E-state index is -0.977. The molecule has 0 aliphatic carbocycles. The summed E-state index contributed by atoms with van der Waals surface area (Å²) in [6.45, 7) is 2.92. The Morgan fingerprint density at radius 2 is 1.42 bits per heavy atom. The Kier molecular flexibility index (Phi) is 9.27. The standard InChI is InChI=1S/C11H15NO2.C8H9NO3/c1-2-3-8-12-10-7-5-4-6-9(10)11(13)14;1-12-9-7-5-3-2-4-6(7)8(10)11/h4-7,12H,2-3,8H2,1H3,(H,13,14);2-5,9H,1H3,(H,10,11). The Labute approximate surface area is 152 Å². The maximum Gasteiger partial charge on any atom is 0.337 e. The van der Waals surface area contributed by atoms with Crippen LogP contribution < -0.4 is 10.8 Å². The molecule has 0 heterocycles. The molecule has 0 fully saturated rings. The number of carboxylic acid groups (broad SMARTS) is 2. The van der Waals surface area contributed by atoms with Gasteiger partial charge in [0.2, 0.25) is 0 Å². The van der Waals surface area contributed by atoms with Gasteiger partial charge in [-0.1, -0.05) is 37.6 Å². The Balaban J connectivity index is 0.000000263. The van der Waals surface area contributed by atoms with Gasteiger partial charge >= 0.3 is 11.9 Å². The number of carboxylic acids is 2. The lowest BCUT2D eigenvalue weighted by Gasteiger charge is -2.08. The summed E-state index contributed by atoms with van der Waals surface area (Å²) in [6.07, 6.45) is 2.15. The normalized spacial score (nSPS) is 9.62. The van der Waals surface area contributed by atoms with E-state index in [4.69, 9.17) is 10.2 Å². The molecule has 0 spiro atoms. The first-order valence-electron chi connectivity index (χ1n) is 8.18. The SMILES string of the molecule is CCCCNc1ccccc1C(=O)O.CONc1ccccc1C(=O)O. The minimum absolute atomic E-state index is 0.194. The number of unbranched alkanes of at least 4 members (excludes halogenated alkanes) is 1. The summed E-state index contributed by atoms with van der Waals surface area (Å²) in [7, 11) is 1.43. The zero-order chi connectivity index (χ0) is 19.4. The van der Waals surface area contributed by atoms with E-state index in [1.165, 1.54) is 13.2 Å². The fourth-order valence-electron chi connectivity index (χ4n) is 2.09. The molecule has 0 amide bonds. The van der Waals surface area contributed by atoms with Crippen molar-refractivity contribution in [1.29, 1.82) is 0 Å². The molecule has 26 heavy (non-hydrogen) atoms. The number of anilines is 2. The van der Waals surface area contributed by atoms with Crippen molar-refractivity contribution in [3.8, 4) is 0 Å². The van der Waals surface area contributed by atoms with E-state index >= 15 is 0 Å². The molecule has 0 atom stereocenters. The highest BCUT2D eigenvalue weighted by Crippen LogP contribution is 2.15. The molecule has 140 valence electrons. The van der Waals surface area contributed by atoms with E-state index in [9.17, 15) is 9.59 Å². The molecule has 0 bridgehead atoms. The first-order valence-corrected chi connectivity index (χ1v) is 8.18. The lowest BCUT2D eigenvalue weighted by atomic mass is 10.2. The van der Waals surface area contributed by atoms with Gasteiger partial charge in [-0.2, -0.15) is 0 Å². The maximum atomic E-state index is 10.8. The van der Waals surface area contributed by atoms with Crippen molar-refractivity contribution < 1.29 is 24.6 Å². The number of benzene rings is 2. The molecule has 0 saturated heterocycles. The molecule has 0 saturated carbocycles. The molecule has 0 aliphatic rings. The first kappa shape index (κ1) is 21.0. The number of para-hydroxylation sites is 2. The van der Waals surface area contributed by atoms with Gasteiger partial charge in [-0.05, 0) is 30.7 Å². The molecule has 0 unspecified atom stereocenters. The zero-order valence-electron chi connectivity index (χ0n) is 14.9. The molecule has 2 aromatic rings. The van der Waals surface area contributed by atoms with E-state index in [1.807, 2.05) is 6.07 Å². The van der Waals surface area contributed by atoms with E-state index in [-0.39, 0.29) is 5.56 Å². The second-order valence-electron chi connectivity index (χ2n) is 5.29. The molecule has 0 radical (unpaired) electrons. The summed E-state index contributed by atoms with van der Waals surface area (Å²) in [5.41, 5.74) is 4.16. The number of carbonyl (C=O) groups is 2. The molecule has 2 aromatic carbocycles. The van der Waals surface area contributed by atoms with Gasteiger partial charge in [0, 0.05) is 12.2 Å². The third kappa shape index (κ3) is 6.82. The van der Waals surface area contributed by atoms with Crippen LogP contribution in [-0.2, 0) is 4.84 Å². The highest BCUT2D eigenvalue weighted by atomic mass is 16.6. The molecule has 0 aromatic heterocycles. The lowest BCUT2D eigenvalue weighted by Crippen LogP contribution is -2.07. The van der Waals surface area contributed by atoms with Gasteiger partial charge in [-0.15, -0.1) is 0 Å². The number of aromatic carboxylic acids is 2. The van der Waals surface area contributed by atoms with Gasteiger partial charge in [0.25, 0.3) is 0 Å². The van der Waals surface area contributed by atoms with Crippen molar-refractivity contribution in [3.05, 3.63) is 59.7 Å². The van der Waals surface area contributed by atoms with Crippen LogP contribution in [-0.4, -0.2) is 35.8 Å². The van der Waals surface area contributed by atoms with Crippen LogP contribution in [0.4, 0.5) is 11.4 Å². The van der Waals surface area contributed by atoms with Gasteiger partial charge in [-0.25, -0.2) is 9.59 Å². The van der Waals surface area contributed by atoms with E-state index in [2.05, 4.69) is 22.6 Å². The van der Waals surface area contributed by atoms with Crippen LogP contribution in [0, 0.1) is 0 Å². The number of nitrogens with one attached hydrogen (secondary N) is 2. The van der Waals surface area contributed by atoms with Crippen LogP contribution in [0.15, 0.2) is 48.5 Å².